The second-order valence-electron chi connectivity index (χ2n) is 7.18. The number of carbonyl (C=O) groups is 1. The SMILES string of the molecule is CCCCn1c(=O)c(CCC(=O)OCc2cc(-c3ccco3)on2)nc2ccccc21. The van der Waals surface area contributed by atoms with Crippen molar-refractivity contribution >= 4 is 17.0 Å². The minimum absolute atomic E-state index is 0.0189. The summed E-state index contributed by atoms with van der Waals surface area (Å²) in [5, 5.41) is 3.87. The van der Waals surface area contributed by atoms with Crippen LogP contribution in [0.4, 0.5) is 0 Å². The van der Waals surface area contributed by atoms with E-state index in [0.717, 1.165) is 23.9 Å². The van der Waals surface area contributed by atoms with Gasteiger partial charge in [-0.25, -0.2) is 4.98 Å². The van der Waals surface area contributed by atoms with Crippen LogP contribution in [0.2, 0.25) is 0 Å². The molecule has 0 aliphatic rings. The molecular weight excluding hydrogens is 398 g/mol. The number of nitrogens with zero attached hydrogens (tertiary/aromatic N) is 3. The summed E-state index contributed by atoms with van der Waals surface area (Å²) in [6.45, 7) is 2.69. The van der Waals surface area contributed by atoms with E-state index in [1.165, 1.54) is 6.26 Å². The Bertz CT molecular complexity index is 1220. The van der Waals surface area contributed by atoms with Gasteiger partial charge in [-0.05, 0) is 30.7 Å². The van der Waals surface area contributed by atoms with Crippen molar-refractivity contribution in [2.45, 2.75) is 45.8 Å². The van der Waals surface area contributed by atoms with Crippen molar-refractivity contribution in [1.29, 1.82) is 0 Å². The Morgan fingerprint density at radius 3 is 2.84 bits per heavy atom. The number of esters is 1. The number of hydrogen-bond acceptors (Lipinski definition) is 7. The molecule has 8 heteroatoms. The Kier molecular flexibility index (Phi) is 6.26. The third kappa shape index (κ3) is 4.74. The van der Waals surface area contributed by atoms with Crippen LogP contribution in [0.15, 0.2) is 62.5 Å². The van der Waals surface area contributed by atoms with Crippen molar-refractivity contribution in [2.24, 2.45) is 0 Å². The molecular formula is C23H23N3O5. The van der Waals surface area contributed by atoms with Gasteiger partial charge < -0.3 is 18.2 Å². The van der Waals surface area contributed by atoms with Crippen LogP contribution in [0, 0.1) is 0 Å². The van der Waals surface area contributed by atoms with Gasteiger partial charge in [-0.3, -0.25) is 9.59 Å². The van der Waals surface area contributed by atoms with Gasteiger partial charge in [-0.1, -0.05) is 30.6 Å². The molecule has 0 saturated carbocycles. The standard InChI is InChI=1S/C23H23N3O5/c1-2-3-12-26-19-8-5-4-7-17(19)24-18(23(26)28)10-11-22(27)30-15-16-14-21(31-25-16)20-9-6-13-29-20/h4-9,13-14H,2-3,10-12,15H2,1H3. The number of rotatable bonds is 9. The van der Waals surface area contributed by atoms with Crippen LogP contribution >= 0.6 is 0 Å². The number of aryl methyl sites for hydroxylation is 2. The first-order chi connectivity index (χ1) is 15.2. The van der Waals surface area contributed by atoms with Gasteiger partial charge in [0, 0.05) is 19.0 Å². The fourth-order valence-corrected chi connectivity index (χ4v) is 3.31. The van der Waals surface area contributed by atoms with Crippen molar-refractivity contribution in [2.75, 3.05) is 0 Å². The lowest BCUT2D eigenvalue weighted by molar-refractivity contribution is -0.145. The number of aromatic nitrogens is 3. The van der Waals surface area contributed by atoms with Gasteiger partial charge >= 0.3 is 5.97 Å². The van der Waals surface area contributed by atoms with Crippen molar-refractivity contribution in [3.63, 3.8) is 0 Å². The Morgan fingerprint density at radius 1 is 1.16 bits per heavy atom. The maximum absolute atomic E-state index is 12.9. The van der Waals surface area contributed by atoms with Crippen LogP contribution in [0.1, 0.15) is 37.6 Å². The number of ether oxygens (including phenoxy) is 1. The number of fused-ring (bicyclic) bond motifs is 1. The molecule has 0 unspecified atom stereocenters. The van der Waals surface area contributed by atoms with E-state index in [2.05, 4.69) is 17.1 Å². The molecule has 0 bridgehead atoms. The van der Waals surface area contributed by atoms with E-state index >= 15 is 0 Å². The zero-order valence-electron chi connectivity index (χ0n) is 17.2. The van der Waals surface area contributed by atoms with Crippen molar-refractivity contribution in [3.8, 4) is 11.5 Å². The van der Waals surface area contributed by atoms with Crippen LogP contribution < -0.4 is 5.56 Å². The van der Waals surface area contributed by atoms with E-state index in [-0.39, 0.29) is 25.0 Å². The molecule has 0 N–H and O–H groups in total. The number of para-hydroxylation sites is 2. The molecule has 0 saturated heterocycles. The molecule has 8 nitrogen and oxygen atoms in total. The van der Waals surface area contributed by atoms with Gasteiger partial charge in [0.2, 0.25) is 5.76 Å². The van der Waals surface area contributed by atoms with Gasteiger partial charge in [-0.15, -0.1) is 0 Å². The average molecular weight is 421 g/mol. The minimum atomic E-state index is -0.433. The second kappa shape index (κ2) is 9.42. The Morgan fingerprint density at radius 2 is 2.03 bits per heavy atom. The molecule has 31 heavy (non-hydrogen) atoms. The van der Waals surface area contributed by atoms with Gasteiger partial charge in [0.15, 0.2) is 5.76 Å². The summed E-state index contributed by atoms with van der Waals surface area (Å²) in [6.07, 6.45) is 3.68. The maximum Gasteiger partial charge on any atom is 0.306 e. The zero-order chi connectivity index (χ0) is 21.6. The molecule has 0 spiro atoms. The Labute approximate surface area is 178 Å². The highest BCUT2D eigenvalue weighted by Crippen LogP contribution is 2.21. The Balaban J connectivity index is 1.40. The molecule has 0 radical (unpaired) electrons. The van der Waals surface area contributed by atoms with Gasteiger partial charge in [0.1, 0.15) is 18.0 Å². The van der Waals surface area contributed by atoms with Gasteiger partial charge in [-0.2, -0.15) is 0 Å². The summed E-state index contributed by atoms with van der Waals surface area (Å²) < 4.78 is 17.4. The summed E-state index contributed by atoms with van der Waals surface area (Å²) in [5.74, 6) is 0.577. The molecule has 160 valence electrons. The molecule has 0 fully saturated rings. The van der Waals surface area contributed by atoms with Crippen LogP contribution in [-0.2, 0) is 29.1 Å². The van der Waals surface area contributed by atoms with E-state index in [4.69, 9.17) is 13.7 Å². The first kappa shape index (κ1) is 20.6. The lowest BCUT2D eigenvalue weighted by Crippen LogP contribution is -2.26. The zero-order valence-corrected chi connectivity index (χ0v) is 17.2. The molecule has 3 aromatic heterocycles. The van der Waals surface area contributed by atoms with Crippen molar-refractivity contribution < 1.29 is 18.5 Å². The second-order valence-corrected chi connectivity index (χ2v) is 7.18. The third-order valence-electron chi connectivity index (χ3n) is 4.93. The van der Waals surface area contributed by atoms with Crippen LogP contribution in [0.25, 0.3) is 22.6 Å². The molecule has 0 atom stereocenters. The predicted octanol–water partition coefficient (Wildman–Crippen LogP) is 4.12. The van der Waals surface area contributed by atoms with Crippen LogP contribution in [-0.4, -0.2) is 20.7 Å². The lowest BCUT2D eigenvalue weighted by atomic mass is 10.2. The lowest BCUT2D eigenvalue weighted by Gasteiger charge is -2.11. The van der Waals surface area contributed by atoms with Crippen LogP contribution in [0.3, 0.4) is 0 Å². The average Bonchev–Trinajstić information content (AvgIpc) is 3.47. The predicted molar refractivity (Wildman–Crippen MR) is 113 cm³/mol. The molecule has 0 aliphatic carbocycles. The highest BCUT2D eigenvalue weighted by molar-refractivity contribution is 5.75. The van der Waals surface area contributed by atoms with E-state index in [9.17, 15) is 9.59 Å². The molecule has 4 rings (SSSR count). The van der Waals surface area contributed by atoms with E-state index < -0.39 is 5.97 Å². The summed E-state index contributed by atoms with van der Waals surface area (Å²) in [6, 6.07) is 12.7. The maximum atomic E-state index is 12.9. The first-order valence-electron chi connectivity index (χ1n) is 10.3. The number of unbranched alkanes of at least 4 members (excludes halogenated alkanes) is 1. The van der Waals surface area contributed by atoms with Gasteiger partial charge in [0.05, 0.1) is 23.7 Å². The van der Waals surface area contributed by atoms with Crippen LogP contribution in [0.5, 0.6) is 0 Å². The minimum Gasteiger partial charge on any atom is -0.461 e. The number of carbonyl (C=O) groups excluding carboxylic acids is 1. The number of hydrogen-bond donors (Lipinski definition) is 0. The number of furan rings is 1. The summed E-state index contributed by atoms with van der Waals surface area (Å²) in [7, 11) is 0. The van der Waals surface area contributed by atoms with E-state index in [1.54, 1.807) is 22.8 Å². The monoisotopic (exact) mass is 421 g/mol. The van der Waals surface area contributed by atoms with E-state index in [1.807, 2.05) is 24.3 Å². The van der Waals surface area contributed by atoms with E-state index in [0.29, 0.717) is 29.5 Å². The normalized spacial score (nSPS) is 11.1. The Hall–Kier alpha value is -3.68. The third-order valence-corrected chi connectivity index (χ3v) is 4.93. The summed E-state index contributed by atoms with van der Waals surface area (Å²) >= 11 is 0. The first-order valence-corrected chi connectivity index (χ1v) is 10.3. The van der Waals surface area contributed by atoms with Crippen molar-refractivity contribution in [3.05, 3.63) is 70.5 Å². The summed E-state index contributed by atoms with van der Waals surface area (Å²) in [4.78, 5) is 29.6. The molecule has 4 aromatic rings. The largest absolute Gasteiger partial charge is 0.461 e. The van der Waals surface area contributed by atoms with Crippen molar-refractivity contribution in [1.82, 2.24) is 14.7 Å². The molecule has 0 aliphatic heterocycles. The quantitative estimate of drug-likeness (QED) is 0.375. The summed E-state index contributed by atoms with van der Waals surface area (Å²) in [5.41, 5.74) is 2.25. The molecule has 1 aromatic carbocycles. The molecule has 3 heterocycles. The smallest absolute Gasteiger partial charge is 0.306 e. The fourth-order valence-electron chi connectivity index (χ4n) is 3.31. The number of benzene rings is 1. The van der Waals surface area contributed by atoms with Gasteiger partial charge in [0.25, 0.3) is 5.56 Å². The highest BCUT2D eigenvalue weighted by atomic mass is 16.5. The fraction of sp³-hybridized carbons (Fsp3) is 0.304. The topological polar surface area (TPSA) is 100 Å². The molecule has 0 amide bonds. The highest BCUT2D eigenvalue weighted by Gasteiger charge is 2.14.